The Bertz CT molecular complexity index is 3270. The number of aliphatic hydroxyl groups is 1. The number of ether oxygens (including phenoxy) is 6. The number of phenols is 1. The van der Waals surface area contributed by atoms with Crippen LogP contribution in [-0.4, -0.2) is 190 Å². The van der Waals surface area contributed by atoms with Crippen LogP contribution in [0.25, 0.3) is 33.7 Å². The van der Waals surface area contributed by atoms with Crippen LogP contribution in [0.3, 0.4) is 0 Å². The summed E-state index contributed by atoms with van der Waals surface area (Å²) < 4.78 is 45.1. The molecule has 518 valence electrons. The molecule has 6 rings (SSSR count). The van der Waals surface area contributed by atoms with E-state index >= 15 is 0 Å². The molecule has 4 aromatic carbocycles. The Morgan fingerprint density at radius 1 is 0.777 bits per heavy atom. The molecular weight excluding hydrogens is 1270 g/mol. The Morgan fingerprint density at radius 2 is 1.37 bits per heavy atom. The van der Waals surface area contributed by atoms with Gasteiger partial charge in [-0.05, 0) is 54.2 Å². The summed E-state index contributed by atoms with van der Waals surface area (Å²) in [4.78, 5) is 86.0. The maximum atomic E-state index is 14.0. The van der Waals surface area contributed by atoms with Crippen molar-refractivity contribution in [3.8, 4) is 22.8 Å². The number of aldehydes is 1. The van der Waals surface area contributed by atoms with Crippen molar-refractivity contribution >= 4 is 82.3 Å². The molecule has 13 N–H and O–H groups in total. The minimum Gasteiger partial charge on any atom is -0.504 e. The minimum atomic E-state index is -3.65. The highest BCUT2D eigenvalue weighted by atomic mass is 32.5. The van der Waals surface area contributed by atoms with Gasteiger partial charge < -0.3 is 98.8 Å². The Hall–Kier alpha value is -6.99. The summed E-state index contributed by atoms with van der Waals surface area (Å²) in [6.45, 7) is 4.71. The topological polar surface area (TPSA) is 373 Å². The van der Waals surface area contributed by atoms with Gasteiger partial charge >= 0.3 is 6.72 Å². The lowest BCUT2D eigenvalue weighted by Gasteiger charge is -2.33. The van der Waals surface area contributed by atoms with Crippen LogP contribution in [0.2, 0.25) is 0 Å². The van der Waals surface area contributed by atoms with Crippen LogP contribution in [0.1, 0.15) is 75.5 Å². The van der Waals surface area contributed by atoms with E-state index in [9.17, 15) is 29.1 Å². The van der Waals surface area contributed by atoms with Gasteiger partial charge in [-0.3, -0.25) is 19.2 Å². The molecular formula is C65H94N9O17PS2. The number of thioether (sulfide) groups is 1. The van der Waals surface area contributed by atoms with Crippen LogP contribution in [-0.2, 0) is 65.7 Å². The zero-order chi connectivity index (χ0) is 68.7. The lowest BCUT2D eigenvalue weighted by atomic mass is 9.95. The van der Waals surface area contributed by atoms with Gasteiger partial charge in [0.1, 0.15) is 18.7 Å². The second-order valence-electron chi connectivity index (χ2n) is 20.6. The molecule has 1 atom stereocenters. The Kier molecular flexibility index (Phi) is 37.7. The van der Waals surface area contributed by atoms with Gasteiger partial charge in [-0.2, -0.15) is 0 Å². The summed E-state index contributed by atoms with van der Waals surface area (Å²) in [5, 5.41) is 23.0. The number of aliphatic hydroxyl groups excluding tert-OH is 1. The third kappa shape index (κ3) is 27.8. The lowest BCUT2D eigenvalue weighted by Crippen LogP contribution is -2.39. The highest BCUT2D eigenvalue weighted by Gasteiger charge is 2.29. The molecule has 0 spiro atoms. The Balaban J connectivity index is 0.00000461. The number of para-hydroxylation sites is 1. The van der Waals surface area contributed by atoms with Crippen LogP contribution in [0.5, 0.6) is 11.5 Å². The summed E-state index contributed by atoms with van der Waals surface area (Å²) in [6, 6.07) is 28.2. The number of nitrogens with two attached hydrogens (primary N) is 4. The van der Waals surface area contributed by atoms with E-state index in [-0.39, 0.29) is 117 Å². The molecule has 0 saturated carbocycles. The van der Waals surface area contributed by atoms with Crippen molar-refractivity contribution in [2.45, 2.75) is 70.6 Å². The van der Waals surface area contributed by atoms with E-state index in [0.717, 1.165) is 37.5 Å². The predicted octanol–water partition coefficient (Wildman–Crippen LogP) is 5.58. The quantitative estimate of drug-likeness (QED) is 0.00757. The van der Waals surface area contributed by atoms with E-state index in [4.69, 9.17) is 75.4 Å². The van der Waals surface area contributed by atoms with Crippen LogP contribution in [0.15, 0.2) is 118 Å². The van der Waals surface area contributed by atoms with E-state index in [0.29, 0.717) is 118 Å². The number of amides is 3. The van der Waals surface area contributed by atoms with Crippen LogP contribution >= 0.6 is 18.5 Å². The fourth-order valence-electron chi connectivity index (χ4n) is 9.30. The molecule has 2 heterocycles. The number of aromatic hydroxyl groups is 1. The van der Waals surface area contributed by atoms with Gasteiger partial charge in [0.2, 0.25) is 23.5 Å². The number of unbranched alkanes of at least 4 members (excludes halogenated alkanes) is 3. The molecule has 1 aliphatic rings. The SMILES string of the molecule is CC.CN(CCC(=O)NCCC(=O)N1Cc2ccccc2/C(N(N)CCOCCOCCOCCOCCOCCN(N)/C=C(\N)COc2c(O)ccc3c(=O)cc(-c4ccccc4)oc23)=C(/N)c2ccccc21)C(=O)C(CC=O)SCCCCCCOP(O)(O)=S.CO. The number of phenolic OH excluding ortho intramolecular Hbond substituents is 1. The van der Waals surface area contributed by atoms with Crippen molar-refractivity contribution in [1.82, 2.24) is 20.2 Å². The van der Waals surface area contributed by atoms with Crippen molar-refractivity contribution in [3.05, 3.63) is 136 Å². The summed E-state index contributed by atoms with van der Waals surface area (Å²) in [5.74, 6) is 12.8. The Labute approximate surface area is 559 Å². The summed E-state index contributed by atoms with van der Waals surface area (Å²) in [6.07, 6.45) is 5.25. The van der Waals surface area contributed by atoms with E-state index in [2.05, 4.69) is 17.1 Å². The first kappa shape index (κ1) is 79.4. The maximum absolute atomic E-state index is 14.0. The van der Waals surface area contributed by atoms with Gasteiger partial charge in [0.05, 0.1) is 126 Å². The molecule has 1 aliphatic heterocycles. The summed E-state index contributed by atoms with van der Waals surface area (Å²) in [5.41, 5.74) is 17.6. The van der Waals surface area contributed by atoms with Crippen molar-refractivity contribution in [2.75, 3.05) is 130 Å². The molecule has 0 aliphatic carbocycles. The molecule has 1 aromatic heterocycles. The van der Waals surface area contributed by atoms with Gasteiger partial charge in [0.15, 0.2) is 16.8 Å². The van der Waals surface area contributed by atoms with Gasteiger partial charge in [0, 0.05) is 75.5 Å². The zero-order valence-corrected chi connectivity index (χ0v) is 56.6. The van der Waals surface area contributed by atoms with Gasteiger partial charge in [-0.25, -0.2) is 11.7 Å². The number of anilines is 1. The Morgan fingerprint density at radius 3 is 2.02 bits per heavy atom. The summed E-state index contributed by atoms with van der Waals surface area (Å²) in [7, 11) is 2.59. The first-order chi connectivity index (χ1) is 45.4. The van der Waals surface area contributed by atoms with E-state index in [1.54, 1.807) is 17.0 Å². The van der Waals surface area contributed by atoms with Gasteiger partial charge in [0.25, 0.3) is 0 Å². The van der Waals surface area contributed by atoms with Gasteiger partial charge in [-0.15, -0.1) is 11.8 Å². The number of nitrogens with one attached hydrogen (secondary N) is 1. The number of carbonyl (C=O) groups is 4. The highest BCUT2D eigenvalue weighted by Crippen LogP contribution is 2.39. The average Bonchev–Trinajstić information content (AvgIpc) is 0.782. The minimum absolute atomic E-state index is 0.00232. The molecule has 0 radical (unpaired) electrons. The van der Waals surface area contributed by atoms with Crippen molar-refractivity contribution in [2.24, 2.45) is 23.2 Å². The molecule has 3 amide bonds. The molecule has 94 heavy (non-hydrogen) atoms. The number of hydrogen-bond acceptors (Lipinski definition) is 23. The summed E-state index contributed by atoms with van der Waals surface area (Å²) >= 11 is 5.83. The molecule has 0 bridgehead atoms. The van der Waals surface area contributed by atoms with Crippen molar-refractivity contribution in [3.63, 3.8) is 0 Å². The number of carbonyl (C=O) groups excluding carboxylic acids is 4. The standard InChI is InChI=1S/C62H84N9O16PS2.C2H6.CH4O/c1-68(62(77)55(23-28-72)90-40-12-3-2-11-29-86-88(78,79)89)25-22-56(75)67-24-21-57(76)70-42-46-15-7-8-16-48(46)59(58(64)49-17-9-10-18-51(49)70)71(66)27-31-81-33-35-83-37-39-84-38-36-82-34-32-80-30-26-69(65)43-47(63)44-85-61-52(73)20-19-50-53(74)41-54(87-60(50)61)45-13-5-4-6-14-45;2*1-2/h4-10,13-20,28,41,43,55,73H,2-3,11-12,21-27,29-40,42,44,63-66H2,1H3,(H,67,75)(H2,78,79,89);1-2H3;2H,1H3/b47-43-,59-58-;;. The zero-order valence-electron chi connectivity index (χ0n) is 54.1. The number of rotatable bonds is 42. The first-order valence-corrected chi connectivity index (χ1v) is 34.7. The number of hydrazine groups is 2. The molecule has 0 saturated heterocycles. The largest absolute Gasteiger partial charge is 0.504 e. The van der Waals surface area contributed by atoms with E-state index < -0.39 is 12.0 Å². The van der Waals surface area contributed by atoms with Crippen LogP contribution in [0.4, 0.5) is 5.69 Å². The maximum Gasteiger partial charge on any atom is 0.321 e. The van der Waals surface area contributed by atoms with Crippen LogP contribution < -0.4 is 43.5 Å². The van der Waals surface area contributed by atoms with Crippen LogP contribution in [0, 0.1) is 0 Å². The molecule has 0 fully saturated rings. The fourth-order valence-corrected chi connectivity index (χ4v) is 11.1. The van der Waals surface area contributed by atoms with Crippen molar-refractivity contribution in [1.29, 1.82) is 0 Å². The second kappa shape index (κ2) is 44.6. The molecule has 5 aromatic rings. The average molecular weight is 1370 g/mol. The normalized spacial score (nSPS) is 13.2. The second-order valence-corrected chi connectivity index (χ2v) is 24.6. The fraction of sp³-hybridized carbons (Fsp3) is 0.462. The smallest absolute Gasteiger partial charge is 0.321 e. The number of fused-ring (bicyclic) bond motifs is 3. The third-order valence-corrected chi connectivity index (χ3v) is 16.1. The monoisotopic (exact) mass is 1370 g/mol. The lowest BCUT2D eigenvalue weighted by molar-refractivity contribution is -0.131. The number of nitrogens with zero attached hydrogens (tertiary/aromatic N) is 4. The predicted molar refractivity (Wildman–Crippen MR) is 368 cm³/mol. The number of benzene rings is 4. The molecule has 29 heteroatoms. The van der Waals surface area contributed by atoms with E-state index in [1.165, 1.54) is 46.1 Å². The first-order valence-electron chi connectivity index (χ1n) is 31.0. The third-order valence-electron chi connectivity index (χ3n) is 13.9. The van der Waals surface area contributed by atoms with E-state index in [1.807, 2.05) is 92.7 Å². The highest BCUT2D eigenvalue weighted by molar-refractivity contribution is 8.06. The molecule has 26 nitrogen and oxygen atoms in total. The molecule has 1 unspecified atom stereocenters. The van der Waals surface area contributed by atoms with Gasteiger partial charge in [-0.1, -0.05) is 99.5 Å². The number of hydrogen-bond donors (Lipinski definition) is 9. The van der Waals surface area contributed by atoms with Crippen molar-refractivity contribution < 1.29 is 76.5 Å².